The fraction of sp³-hybridized carbons (Fsp3) is 0.471. The monoisotopic (exact) mass is 347 g/mol. The number of pyridine rings is 1. The number of halogens is 1. The van der Waals surface area contributed by atoms with E-state index in [1.807, 2.05) is 12.1 Å². The van der Waals surface area contributed by atoms with Gasteiger partial charge >= 0.3 is 0 Å². The van der Waals surface area contributed by atoms with E-state index < -0.39 is 0 Å². The molecule has 2 aromatic rings. The molecule has 3 nitrogen and oxygen atoms in total. The lowest BCUT2D eigenvalue weighted by Gasteiger charge is -2.35. The van der Waals surface area contributed by atoms with Gasteiger partial charge in [0.1, 0.15) is 0 Å². The van der Waals surface area contributed by atoms with Crippen LogP contribution in [0.5, 0.6) is 0 Å². The quantitative estimate of drug-likeness (QED) is 0.806. The molecule has 0 bridgehead atoms. The van der Waals surface area contributed by atoms with Crippen LogP contribution in [0.4, 0.5) is 11.4 Å². The molecule has 4 heteroatoms. The Labute approximate surface area is 134 Å². The van der Waals surface area contributed by atoms with Crippen LogP contribution in [0.15, 0.2) is 28.9 Å². The van der Waals surface area contributed by atoms with Gasteiger partial charge in [0, 0.05) is 15.9 Å². The van der Waals surface area contributed by atoms with E-state index in [2.05, 4.69) is 46.1 Å². The van der Waals surface area contributed by atoms with Crippen LogP contribution in [0.1, 0.15) is 39.5 Å². The van der Waals surface area contributed by atoms with Crippen molar-refractivity contribution in [1.82, 2.24) is 4.98 Å². The lowest BCUT2D eigenvalue weighted by molar-refractivity contribution is 0.232. The van der Waals surface area contributed by atoms with E-state index in [4.69, 9.17) is 5.73 Å². The molecule has 0 amide bonds. The third-order valence-corrected chi connectivity index (χ3v) is 5.04. The van der Waals surface area contributed by atoms with Gasteiger partial charge in [0.15, 0.2) is 0 Å². The van der Waals surface area contributed by atoms with Crippen molar-refractivity contribution in [2.24, 2.45) is 5.41 Å². The highest BCUT2D eigenvalue weighted by molar-refractivity contribution is 9.10. The average molecular weight is 348 g/mol. The van der Waals surface area contributed by atoms with Gasteiger partial charge in [-0.3, -0.25) is 4.98 Å². The van der Waals surface area contributed by atoms with Gasteiger partial charge in [0.25, 0.3) is 0 Å². The highest BCUT2D eigenvalue weighted by Crippen LogP contribution is 2.38. The second-order valence-electron chi connectivity index (χ2n) is 6.83. The van der Waals surface area contributed by atoms with Crippen LogP contribution in [0.25, 0.3) is 10.9 Å². The molecule has 1 fully saturated rings. The van der Waals surface area contributed by atoms with Crippen LogP contribution in [0.2, 0.25) is 0 Å². The summed E-state index contributed by atoms with van der Waals surface area (Å²) in [4.78, 5) is 4.41. The summed E-state index contributed by atoms with van der Waals surface area (Å²) in [6.45, 7) is 4.72. The maximum atomic E-state index is 6.17. The Bertz CT molecular complexity index is 651. The van der Waals surface area contributed by atoms with Crippen molar-refractivity contribution in [3.63, 3.8) is 0 Å². The largest absolute Gasteiger partial charge is 0.396 e. The summed E-state index contributed by atoms with van der Waals surface area (Å²) in [5.41, 5.74) is 9.38. The smallest absolute Gasteiger partial charge is 0.0743 e. The SMILES string of the molecule is CC1(C)CCC(Nc2c(N)cnc3ccc(Br)cc23)CC1. The number of hydrogen-bond acceptors (Lipinski definition) is 3. The first kappa shape index (κ1) is 14.6. The molecule has 1 saturated carbocycles. The molecule has 3 rings (SSSR count). The predicted octanol–water partition coefficient (Wildman–Crippen LogP) is 4.96. The van der Waals surface area contributed by atoms with Crippen LogP contribution < -0.4 is 11.1 Å². The molecule has 1 heterocycles. The number of rotatable bonds is 2. The lowest BCUT2D eigenvalue weighted by Crippen LogP contribution is -2.30. The van der Waals surface area contributed by atoms with Crippen LogP contribution in [-0.4, -0.2) is 11.0 Å². The summed E-state index contributed by atoms with van der Waals surface area (Å²) in [7, 11) is 0. The number of anilines is 2. The van der Waals surface area contributed by atoms with E-state index in [9.17, 15) is 0 Å². The Morgan fingerprint density at radius 3 is 2.71 bits per heavy atom. The van der Waals surface area contributed by atoms with E-state index in [-0.39, 0.29) is 0 Å². The van der Waals surface area contributed by atoms with E-state index in [0.29, 0.717) is 11.5 Å². The first-order valence-electron chi connectivity index (χ1n) is 7.55. The Kier molecular flexibility index (Phi) is 3.82. The van der Waals surface area contributed by atoms with Gasteiger partial charge in [-0.2, -0.15) is 0 Å². The Hall–Kier alpha value is -1.29. The van der Waals surface area contributed by atoms with Gasteiger partial charge in [-0.15, -0.1) is 0 Å². The van der Waals surface area contributed by atoms with E-state index in [1.165, 1.54) is 25.7 Å². The van der Waals surface area contributed by atoms with Gasteiger partial charge in [0.2, 0.25) is 0 Å². The fourth-order valence-electron chi connectivity index (χ4n) is 3.09. The van der Waals surface area contributed by atoms with Crippen molar-refractivity contribution in [3.05, 3.63) is 28.9 Å². The van der Waals surface area contributed by atoms with Gasteiger partial charge in [-0.1, -0.05) is 29.8 Å². The molecule has 0 aliphatic heterocycles. The lowest BCUT2D eigenvalue weighted by atomic mass is 9.75. The molecular weight excluding hydrogens is 326 g/mol. The maximum absolute atomic E-state index is 6.17. The summed E-state index contributed by atoms with van der Waals surface area (Å²) in [6.07, 6.45) is 6.68. The Balaban J connectivity index is 1.90. The predicted molar refractivity (Wildman–Crippen MR) is 93.5 cm³/mol. The molecule has 21 heavy (non-hydrogen) atoms. The normalized spacial score (nSPS) is 18.8. The summed E-state index contributed by atoms with van der Waals surface area (Å²) in [5, 5.41) is 4.76. The molecule has 1 aromatic carbocycles. The minimum absolute atomic E-state index is 0.479. The van der Waals surface area contributed by atoms with Crippen molar-refractivity contribution in [1.29, 1.82) is 0 Å². The summed E-state index contributed by atoms with van der Waals surface area (Å²) in [6, 6.07) is 6.63. The molecule has 1 aromatic heterocycles. The molecule has 3 N–H and O–H groups in total. The van der Waals surface area contributed by atoms with Crippen molar-refractivity contribution < 1.29 is 0 Å². The van der Waals surface area contributed by atoms with E-state index in [0.717, 1.165) is 26.8 Å². The number of nitrogens with two attached hydrogens (primary N) is 1. The zero-order chi connectivity index (χ0) is 15.0. The number of nitrogens with one attached hydrogen (secondary N) is 1. The number of hydrogen-bond donors (Lipinski definition) is 2. The van der Waals surface area contributed by atoms with Crippen LogP contribution >= 0.6 is 15.9 Å². The zero-order valence-corrected chi connectivity index (χ0v) is 14.2. The number of aromatic nitrogens is 1. The van der Waals surface area contributed by atoms with E-state index >= 15 is 0 Å². The second kappa shape index (κ2) is 5.48. The number of nitrogens with zero attached hydrogens (tertiary/aromatic N) is 1. The first-order chi connectivity index (χ1) is 9.94. The molecule has 1 aliphatic rings. The molecule has 1 aliphatic carbocycles. The van der Waals surface area contributed by atoms with Gasteiger partial charge in [0.05, 0.1) is 23.1 Å². The first-order valence-corrected chi connectivity index (χ1v) is 8.34. The zero-order valence-electron chi connectivity index (χ0n) is 12.6. The summed E-state index contributed by atoms with van der Waals surface area (Å²) in [5.74, 6) is 0. The van der Waals surface area contributed by atoms with E-state index in [1.54, 1.807) is 6.20 Å². The standard InChI is InChI=1S/C17H22BrN3/c1-17(2)7-5-12(6-8-17)21-16-13-9-11(18)3-4-15(13)20-10-14(16)19/h3-4,9-10,12H,5-8,19H2,1-2H3,(H,20,21). The number of benzene rings is 1. The van der Waals surface area contributed by atoms with Crippen LogP contribution in [0.3, 0.4) is 0 Å². The topological polar surface area (TPSA) is 50.9 Å². The fourth-order valence-corrected chi connectivity index (χ4v) is 3.45. The molecular formula is C17H22BrN3. The number of fused-ring (bicyclic) bond motifs is 1. The molecule has 0 atom stereocenters. The maximum Gasteiger partial charge on any atom is 0.0743 e. The Morgan fingerprint density at radius 2 is 2.00 bits per heavy atom. The minimum atomic E-state index is 0.479. The van der Waals surface area contributed by atoms with Crippen molar-refractivity contribution in [3.8, 4) is 0 Å². The highest BCUT2D eigenvalue weighted by Gasteiger charge is 2.27. The third-order valence-electron chi connectivity index (χ3n) is 4.55. The molecule has 0 saturated heterocycles. The third kappa shape index (κ3) is 3.15. The van der Waals surface area contributed by atoms with Crippen molar-refractivity contribution in [2.75, 3.05) is 11.1 Å². The molecule has 0 unspecified atom stereocenters. The average Bonchev–Trinajstić information content (AvgIpc) is 2.44. The van der Waals surface area contributed by atoms with Crippen LogP contribution in [0, 0.1) is 5.41 Å². The van der Waals surface area contributed by atoms with Crippen molar-refractivity contribution >= 4 is 38.2 Å². The molecule has 112 valence electrons. The van der Waals surface area contributed by atoms with Crippen molar-refractivity contribution in [2.45, 2.75) is 45.6 Å². The molecule has 0 spiro atoms. The second-order valence-corrected chi connectivity index (χ2v) is 7.75. The van der Waals surface area contributed by atoms with Gasteiger partial charge < -0.3 is 11.1 Å². The summed E-state index contributed by atoms with van der Waals surface area (Å²) >= 11 is 3.53. The van der Waals surface area contributed by atoms with Gasteiger partial charge in [-0.05, 0) is 49.3 Å². The number of nitrogen functional groups attached to an aromatic ring is 1. The van der Waals surface area contributed by atoms with Crippen LogP contribution in [-0.2, 0) is 0 Å². The molecule has 0 radical (unpaired) electrons. The summed E-state index contributed by atoms with van der Waals surface area (Å²) < 4.78 is 1.05. The Morgan fingerprint density at radius 1 is 1.29 bits per heavy atom. The van der Waals surface area contributed by atoms with Gasteiger partial charge in [-0.25, -0.2) is 0 Å². The minimum Gasteiger partial charge on any atom is -0.396 e. The highest BCUT2D eigenvalue weighted by atomic mass is 79.9.